The van der Waals surface area contributed by atoms with Crippen molar-refractivity contribution >= 4 is 43.6 Å². The average molecular weight is 676 g/mol. The quantitative estimate of drug-likeness (QED) is 0.145. The lowest BCUT2D eigenvalue weighted by atomic mass is 10.0. The van der Waals surface area contributed by atoms with E-state index in [0.29, 0.717) is 17.6 Å². The Bertz CT molecular complexity index is 2630. The van der Waals surface area contributed by atoms with Crippen molar-refractivity contribution in [3.63, 3.8) is 0 Å². The van der Waals surface area contributed by atoms with Gasteiger partial charge in [0.15, 0.2) is 11.6 Å². The molecule has 0 saturated carbocycles. The Balaban J connectivity index is 1.39. The summed E-state index contributed by atoms with van der Waals surface area (Å²) in [6.45, 7) is 4.52. The number of fused-ring (bicyclic) bond motifs is 6. The van der Waals surface area contributed by atoms with Crippen LogP contribution in [0.25, 0.3) is 78.0 Å². The van der Waals surface area contributed by atoms with Gasteiger partial charge in [0, 0.05) is 38.4 Å². The van der Waals surface area contributed by atoms with Gasteiger partial charge in [0.1, 0.15) is 0 Å². The third-order valence-corrected chi connectivity index (χ3v) is 10.3. The Hall–Kier alpha value is -6.07. The Morgan fingerprint density at radius 1 is 0.423 bits per heavy atom. The second kappa shape index (κ2) is 13.6. The molecular formula is C47H41N5. The summed E-state index contributed by atoms with van der Waals surface area (Å²) in [5.74, 6) is 1.91. The molecule has 5 heteroatoms. The van der Waals surface area contributed by atoms with Crippen LogP contribution in [-0.2, 0) is 12.8 Å². The van der Waals surface area contributed by atoms with Crippen molar-refractivity contribution in [2.45, 2.75) is 52.4 Å². The van der Waals surface area contributed by atoms with Gasteiger partial charge in [-0.15, -0.1) is 0 Å². The minimum atomic E-state index is 0.609. The lowest BCUT2D eigenvalue weighted by Crippen LogP contribution is -2.06. The molecule has 3 heterocycles. The minimum absolute atomic E-state index is 0.609. The van der Waals surface area contributed by atoms with Crippen molar-refractivity contribution in [3.05, 3.63) is 151 Å². The van der Waals surface area contributed by atoms with E-state index in [-0.39, 0.29) is 0 Å². The zero-order chi connectivity index (χ0) is 35.0. The SMILES string of the molecule is CCCCc1ccc2c(c1)c1cc3c4cc(CCCC)ccc4n(-c4nc(-c5ccccc5)nc(-c5ccccc5)n4)c3cc1n2-c1ccccc1. The Morgan fingerprint density at radius 3 is 1.40 bits per heavy atom. The van der Waals surface area contributed by atoms with E-state index in [1.54, 1.807) is 0 Å². The fourth-order valence-corrected chi connectivity index (χ4v) is 7.67. The summed E-state index contributed by atoms with van der Waals surface area (Å²) in [6.07, 6.45) is 6.82. The molecule has 9 rings (SSSR count). The molecule has 9 aromatic rings. The smallest absolute Gasteiger partial charge is 0.238 e. The summed E-state index contributed by atoms with van der Waals surface area (Å²) >= 11 is 0. The van der Waals surface area contributed by atoms with Crippen molar-refractivity contribution in [3.8, 4) is 34.4 Å². The Kier molecular flexibility index (Phi) is 8.32. The first-order chi connectivity index (χ1) is 25.7. The van der Waals surface area contributed by atoms with Crippen molar-refractivity contribution in [1.29, 1.82) is 0 Å². The molecule has 0 aliphatic carbocycles. The van der Waals surface area contributed by atoms with Gasteiger partial charge in [-0.2, -0.15) is 9.97 Å². The molecule has 0 aliphatic heterocycles. The van der Waals surface area contributed by atoms with E-state index in [0.717, 1.165) is 59.0 Å². The first-order valence-corrected chi connectivity index (χ1v) is 18.7. The summed E-state index contributed by atoms with van der Waals surface area (Å²) in [4.78, 5) is 15.5. The number of nitrogens with zero attached hydrogens (tertiary/aromatic N) is 5. The van der Waals surface area contributed by atoms with Gasteiger partial charge in [-0.25, -0.2) is 4.98 Å². The molecule has 0 bridgehead atoms. The van der Waals surface area contributed by atoms with Crippen molar-refractivity contribution in [2.75, 3.05) is 0 Å². The van der Waals surface area contributed by atoms with Gasteiger partial charge in [0.25, 0.3) is 0 Å². The van der Waals surface area contributed by atoms with E-state index in [9.17, 15) is 0 Å². The molecule has 0 unspecified atom stereocenters. The molecule has 6 aromatic carbocycles. The van der Waals surface area contributed by atoms with E-state index in [2.05, 4.69) is 126 Å². The summed E-state index contributed by atoms with van der Waals surface area (Å²) < 4.78 is 4.68. The first kappa shape index (κ1) is 31.9. The number of benzene rings is 6. The van der Waals surface area contributed by atoms with Gasteiger partial charge in [-0.05, 0) is 85.3 Å². The molecule has 0 fully saturated rings. The zero-order valence-corrected chi connectivity index (χ0v) is 29.8. The number of rotatable bonds is 10. The average Bonchev–Trinajstić information content (AvgIpc) is 3.70. The van der Waals surface area contributed by atoms with Gasteiger partial charge in [-0.1, -0.05) is 118 Å². The Labute approximate surface area is 304 Å². The van der Waals surface area contributed by atoms with Crippen molar-refractivity contribution in [1.82, 2.24) is 24.1 Å². The normalized spacial score (nSPS) is 11.7. The molecule has 3 aromatic heterocycles. The molecule has 0 radical (unpaired) electrons. The molecule has 0 aliphatic rings. The maximum absolute atomic E-state index is 5.22. The Morgan fingerprint density at radius 2 is 0.885 bits per heavy atom. The maximum atomic E-state index is 5.22. The fourth-order valence-electron chi connectivity index (χ4n) is 7.67. The van der Waals surface area contributed by atoms with Gasteiger partial charge < -0.3 is 4.57 Å². The number of hydrogen-bond donors (Lipinski definition) is 0. The molecule has 0 saturated heterocycles. The van der Waals surface area contributed by atoms with Gasteiger partial charge in [-0.3, -0.25) is 4.57 Å². The van der Waals surface area contributed by atoms with E-state index in [1.165, 1.54) is 51.0 Å². The molecular weight excluding hydrogens is 635 g/mol. The topological polar surface area (TPSA) is 48.5 Å². The molecule has 0 spiro atoms. The van der Waals surface area contributed by atoms with E-state index >= 15 is 0 Å². The van der Waals surface area contributed by atoms with E-state index in [1.807, 2.05) is 36.4 Å². The van der Waals surface area contributed by atoms with E-state index < -0.39 is 0 Å². The predicted octanol–water partition coefficient (Wildman–Crippen LogP) is 12.1. The summed E-state index contributed by atoms with van der Waals surface area (Å²) in [7, 11) is 0. The van der Waals surface area contributed by atoms with Crippen LogP contribution in [0.15, 0.2) is 140 Å². The van der Waals surface area contributed by atoms with Crippen LogP contribution in [0.4, 0.5) is 0 Å². The number of hydrogen-bond acceptors (Lipinski definition) is 3. The number of aryl methyl sites for hydroxylation is 2. The van der Waals surface area contributed by atoms with Crippen molar-refractivity contribution < 1.29 is 0 Å². The second-order valence-electron chi connectivity index (χ2n) is 13.8. The van der Waals surface area contributed by atoms with Crippen LogP contribution in [0.2, 0.25) is 0 Å². The number of para-hydroxylation sites is 1. The first-order valence-electron chi connectivity index (χ1n) is 18.7. The monoisotopic (exact) mass is 675 g/mol. The van der Waals surface area contributed by atoms with Crippen LogP contribution in [0.1, 0.15) is 50.7 Å². The highest BCUT2D eigenvalue weighted by Gasteiger charge is 2.22. The molecule has 0 atom stereocenters. The third kappa shape index (κ3) is 5.63. The van der Waals surface area contributed by atoms with E-state index in [4.69, 9.17) is 15.0 Å². The van der Waals surface area contributed by atoms with Crippen LogP contribution in [0.3, 0.4) is 0 Å². The molecule has 5 nitrogen and oxygen atoms in total. The lowest BCUT2D eigenvalue weighted by molar-refractivity contribution is 0.796. The highest BCUT2D eigenvalue weighted by molar-refractivity contribution is 6.19. The van der Waals surface area contributed by atoms with Crippen LogP contribution in [0.5, 0.6) is 0 Å². The summed E-state index contributed by atoms with van der Waals surface area (Å²) in [5.41, 5.74) is 10.3. The third-order valence-electron chi connectivity index (χ3n) is 10.3. The van der Waals surface area contributed by atoms with Gasteiger partial charge in [0.05, 0.1) is 22.1 Å². The molecule has 0 N–H and O–H groups in total. The minimum Gasteiger partial charge on any atom is -0.309 e. The van der Waals surface area contributed by atoms with Crippen LogP contribution >= 0.6 is 0 Å². The lowest BCUT2D eigenvalue weighted by Gasteiger charge is -2.12. The van der Waals surface area contributed by atoms with Gasteiger partial charge >= 0.3 is 0 Å². The molecule has 254 valence electrons. The number of aromatic nitrogens is 5. The predicted molar refractivity (Wildman–Crippen MR) is 217 cm³/mol. The largest absolute Gasteiger partial charge is 0.309 e. The zero-order valence-electron chi connectivity index (χ0n) is 29.8. The van der Waals surface area contributed by atoms with Crippen LogP contribution in [0, 0.1) is 0 Å². The van der Waals surface area contributed by atoms with Crippen molar-refractivity contribution in [2.24, 2.45) is 0 Å². The van der Waals surface area contributed by atoms with Crippen LogP contribution in [-0.4, -0.2) is 24.1 Å². The van der Waals surface area contributed by atoms with Gasteiger partial charge in [0.2, 0.25) is 5.95 Å². The summed E-state index contributed by atoms with van der Waals surface area (Å²) in [5, 5.41) is 4.97. The fraction of sp³-hybridized carbons (Fsp3) is 0.170. The summed E-state index contributed by atoms with van der Waals surface area (Å²) in [6, 6.07) is 50.0. The number of unbranched alkanes of at least 4 members (excludes halogenated alkanes) is 2. The molecule has 52 heavy (non-hydrogen) atoms. The standard InChI is InChI=1S/C47H41N5/c1-3-5-16-32-24-26-41-37(28-32)39-30-40-38-29-33(17-6-4-2)25-27-42(38)52(44(40)31-43(39)51(41)36-22-14-9-15-23-36)47-49-45(34-18-10-7-11-19-34)48-46(50-47)35-20-12-8-13-21-35/h7-15,18-31H,3-6,16-17H2,1-2H3. The molecule has 0 amide bonds. The highest BCUT2D eigenvalue weighted by atomic mass is 15.2. The highest BCUT2D eigenvalue weighted by Crippen LogP contribution is 2.40. The maximum Gasteiger partial charge on any atom is 0.238 e. The van der Waals surface area contributed by atoms with Crippen LogP contribution < -0.4 is 0 Å². The second-order valence-corrected chi connectivity index (χ2v) is 13.8.